The molecule has 2 aromatic heterocycles. The largest absolute Gasteiger partial charge is 0.380 e. The number of carbonyl (C=O) groups excluding carboxylic acids is 1. The Kier molecular flexibility index (Phi) is 4.54. The van der Waals surface area contributed by atoms with E-state index >= 15 is 0 Å². The number of hydrogen-bond donors (Lipinski definition) is 1. The van der Waals surface area contributed by atoms with Gasteiger partial charge in [-0.05, 0) is 66.8 Å². The molecular formula is C26H24N4O2. The Labute approximate surface area is 186 Å². The summed E-state index contributed by atoms with van der Waals surface area (Å²) in [6.45, 7) is 1.66. The van der Waals surface area contributed by atoms with Crippen LogP contribution in [0.1, 0.15) is 34.3 Å². The number of carbonyl (C=O) groups is 1. The lowest BCUT2D eigenvalue weighted by molar-refractivity contribution is -0.165. The van der Waals surface area contributed by atoms with Crippen molar-refractivity contribution in [2.45, 2.75) is 25.3 Å². The first-order valence-corrected chi connectivity index (χ1v) is 11.0. The molecule has 160 valence electrons. The molecule has 1 N–H and O–H groups in total. The highest BCUT2D eigenvalue weighted by atomic mass is 16.5. The molecule has 2 aromatic carbocycles. The summed E-state index contributed by atoms with van der Waals surface area (Å²) < 4.78 is 7.19. The lowest BCUT2D eigenvalue weighted by Crippen LogP contribution is -2.59. The monoisotopic (exact) mass is 424 g/mol. The lowest BCUT2D eigenvalue weighted by atomic mass is 9.64. The molecule has 2 aliphatic rings. The predicted molar refractivity (Wildman–Crippen MR) is 122 cm³/mol. The molecule has 0 bridgehead atoms. The molecule has 6 nitrogen and oxygen atoms in total. The topological polar surface area (TPSA) is 69.0 Å². The van der Waals surface area contributed by atoms with E-state index in [0.717, 1.165) is 54.6 Å². The number of hydrogen-bond acceptors (Lipinski definition) is 4. The predicted octanol–water partition coefficient (Wildman–Crippen LogP) is 3.92. The molecule has 1 amide bonds. The minimum atomic E-state index is -0.0373. The highest BCUT2D eigenvalue weighted by molar-refractivity contribution is 6.06. The molecule has 0 atom stereocenters. The minimum Gasteiger partial charge on any atom is -0.380 e. The smallest absolute Gasteiger partial charge is 0.253 e. The highest BCUT2D eigenvalue weighted by Crippen LogP contribution is 2.46. The summed E-state index contributed by atoms with van der Waals surface area (Å²) in [7, 11) is 0. The normalized spacial score (nSPS) is 17.1. The van der Waals surface area contributed by atoms with Gasteiger partial charge in [0, 0.05) is 35.4 Å². The molecule has 1 aliphatic carbocycles. The summed E-state index contributed by atoms with van der Waals surface area (Å²) in [5.41, 5.74) is 5.03. The fraction of sp³-hybridized carbons (Fsp3) is 0.269. The molecule has 2 fully saturated rings. The Morgan fingerprint density at radius 2 is 1.91 bits per heavy atom. The van der Waals surface area contributed by atoms with Crippen molar-refractivity contribution in [1.82, 2.24) is 20.1 Å². The van der Waals surface area contributed by atoms with Gasteiger partial charge >= 0.3 is 0 Å². The van der Waals surface area contributed by atoms with Crippen LogP contribution in [0.4, 0.5) is 0 Å². The molecule has 0 unspecified atom stereocenters. The maximum absolute atomic E-state index is 13.2. The van der Waals surface area contributed by atoms with Crippen molar-refractivity contribution in [2.24, 2.45) is 5.41 Å². The second kappa shape index (κ2) is 7.57. The summed E-state index contributed by atoms with van der Waals surface area (Å²) in [6, 6.07) is 18.5. The van der Waals surface area contributed by atoms with Crippen LogP contribution < -0.4 is 5.32 Å². The maximum atomic E-state index is 13.2. The number of rotatable bonds is 5. The van der Waals surface area contributed by atoms with E-state index in [1.165, 1.54) is 5.56 Å². The van der Waals surface area contributed by atoms with E-state index in [9.17, 15) is 4.79 Å². The average Bonchev–Trinajstić information content (AvgIpc) is 3.29. The molecule has 1 saturated carbocycles. The first-order valence-electron chi connectivity index (χ1n) is 11.0. The van der Waals surface area contributed by atoms with Gasteiger partial charge in [-0.2, -0.15) is 5.10 Å². The molecule has 1 saturated heterocycles. The van der Waals surface area contributed by atoms with Gasteiger partial charge < -0.3 is 10.1 Å². The summed E-state index contributed by atoms with van der Waals surface area (Å²) in [6.07, 6.45) is 8.20. The van der Waals surface area contributed by atoms with Crippen molar-refractivity contribution in [3.8, 4) is 5.69 Å². The van der Waals surface area contributed by atoms with Crippen LogP contribution in [0.3, 0.4) is 0 Å². The molecular weight excluding hydrogens is 400 g/mol. The Balaban J connectivity index is 1.24. The van der Waals surface area contributed by atoms with Crippen molar-refractivity contribution in [3.05, 3.63) is 89.9 Å². The molecule has 4 aromatic rings. The maximum Gasteiger partial charge on any atom is 0.253 e. The van der Waals surface area contributed by atoms with Gasteiger partial charge in [-0.15, -0.1) is 0 Å². The van der Waals surface area contributed by atoms with Crippen LogP contribution in [0.2, 0.25) is 0 Å². The zero-order chi connectivity index (χ0) is 21.5. The van der Waals surface area contributed by atoms with Gasteiger partial charge in [0.05, 0.1) is 30.0 Å². The van der Waals surface area contributed by atoms with Crippen LogP contribution in [0.5, 0.6) is 0 Å². The quantitative estimate of drug-likeness (QED) is 0.527. The molecule has 6 rings (SSSR count). The first kappa shape index (κ1) is 19.2. The van der Waals surface area contributed by atoms with E-state index in [0.29, 0.717) is 11.0 Å². The van der Waals surface area contributed by atoms with Crippen molar-refractivity contribution in [3.63, 3.8) is 0 Å². The van der Waals surface area contributed by atoms with Crippen molar-refractivity contribution < 1.29 is 9.53 Å². The van der Waals surface area contributed by atoms with Crippen molar-refractivity contribution >= 4 is 16.8 Å². The SMILES string of the molecule is O=C(NC1CC2(COC2)C1)c1cc(Cc2ccc(-n3cccn3)cc2)cc2cccnc12. The number of nitrogens with one attached hydrogen (secondary N) is 1. The molecule has 1 spiro atoms. The van der Waals surface area contributed by atoms with Crippen LogP contribution in [-0.2, 0) is 11.2 Å². The third-order valence-corrected chi connectivity index (χ3v) is 6.63. The van der Waals surface area contributed by atoms with Crippen molar-refractivity contribution in [2.75, 3.05) is 13.2 Å². The average molecular weight is 425 g/mol. The van der Waals surface area contributed by atoms with E-state index in [1.807, 2.05) is 35.1 Å². The van der Waals surface area contributed by atoms with Crippen LogP contribution in [0.15, 0.2) is 73.2 Å². The van der Waals surface area contributed by atoms with Crippen LogP contribution >= 0.6 is 0 Å². The van der Waals surface area contributed by atoms with Crippen LogP contribution in [-0.4, -0.2) is 39.9 Å². The van der Waals surface area contributed by atoms with Gasteiger partial charge in [0.25, 0.3) is 5.91 Å². The summed E-state index contributed by atoms with van der Waals surface area (Å²) in [5, 5.41) is 8.48. The van der Waals surface area contributed by atoms with E-state index < -0.39 is 0 Å². The van der Waals surface area contributed by atoms with E-state index in [2.05, 4.69) is 45.7 Å². The first-order chi connectivity index (χ1) is 15.7. The number of amides is 1. The Morgan fingerprint density at radius 1 is 1.06 bits per heavy atom. The van der Waals surface area contributed by atoms with Gasteiger partial charge in [0.2, 0.25) is 0 Å². The van der Waals surface area contributed by atoms with Gasteiger partial charge in [-0.1, -0.05) is 18.2 Å². The zero-order valence-electron chi connectivity index (χ0n) is 17.7. The molecule has 3 heterocycles. The summed E-state index contributed by atoms with van der Waals surface area (Å²) in [5.74, 6) is -0.0373. The van der Waals surface area contributed by atoms with Gasteiger partial charge in [-0.25, -0.2) is 4.68 Å². The molecule has 6 heteroatoms. The van der Waals surface area contributed by atoms with Gasteiger partial charge in [-0.3, -0.25) is 9.78 Å². The van der Waals surface area contributed by atoms with Gasteiger partial charge in [0.1, 0.15) is 0 Å². The fourth-order valence-corrected chi connectivity index (χ4v) is 4.93. The third-order valence-electron chi connectivity index (χ3n) is 6.63. The van der Waals surface area contributed by atoms with Crippen molar-refractivity contribution in [1.29, 1.82) is 0 Å². The Hall–Kier alpha value is -3.51. The molecule has 0 radical (unpaired) electrons. The fourth-order valence-electron chi connectivity index (χ4n) is 4.93. The number of benzene rings is 2. The third kappa shape index (κ3) is 3.46. The van der Waals surface area contributed by atoms with Gasteiger partial charge in [0.15, 0.2) is 0 Å². The lowest BCUT2D eigenvalue weighted by Gasteiger charge is -2.53. The minimum absolute atomic E-state index is 0.0373. The highest BCUT2D eigenvalue weighted by Gasteiger charge is 2.50. The molecule has 1 aliphatic heterocycles. The summed E-state index contributed by atoms with van der Waals surface area (Å²) >= 11 is 0. The number of pyridine rings is 1. The number of ether oxygens (including phenoxy) is 1. The number of fused-ring (bicyclic) bond motifs is 1. The number of nitrogens with zero attached hydrogens (tertiary/aromatic N) is 3. The van der Waals surface area contributed by atoms with Crippen LogP contribution in [0, 0.1) is 5.41 Å². The van der Waals surface area contributed by atoms with E-state index in [4.69, 9.17) is 4.74 Å². The van der Waals surface area contributed by atoms with Crippen LogP contribution in [0.25, 0.3) is 16.6 Å². The Morgan fingerprint density at radius 3 is 2.62 bits per heavy atom. The van der Waals surface area contributed by atoms with E-state index in [1.54, 1.807) is 12.4 Å². The Bertz CT molecular complexity index is 1270. The second-order valence-electron chi connectivity index (χ2n) is 9.08. The number of aromatic nitrogens is 3. The molecule has 32 heavy (non-hydrogen) atoms. The zero-order valence-corrected chi connectivity index (χ0v) is 17.7. The van der Waals surface area contributed by atoms with E-state index in [-0.39, 0.29) is 11.9 Å². The summed E-state index contributed by atoms with van der Waals surface area (Å²) in [4.78, 5) is 17.7. The standard InChI is InChI=1S/C26H24N4O2/c31-25(29-21-14-26(15-21)16-32-17-26)23-13-19(12-20-3-1-8-27-24(20)23)11-18-4-6-22(7-5-18)30-10-2-9-28-30/h1-10,12-13,21H,11,14-17H2,(H,29,31). The second-order valence-corrected chi connectivity index (χ2v) is 9.08.